The lowest BCUT2D eigenvalue weighted by molar-refractivity contribution is 0.0132. The molecule has 0 heterocycles. The third kappa shape index (κ3) is 38.0. The van der Waals surface area contributed by atoms with Crippen molar-refractivity contribution in [3.63, 3.8) is 0 Å². The smallest absolute Gasteiger partial charge is 0.0596 e. The molecule has 28 atom stereocenters. The van der Waals surface area contributed by atoms with Crippen LogP contribution in [0.25, 0.3) is 0 Å². The van der Waals surface area contributed by atoms with Crippen LogP contribution in [-0.4, -0.2) is 89.7 Å². The monoisotopic (exact) mass is 1460 g/mol. The van der Waals surface area contributed by atoms with Crippen LogP contribution in [-0.2, 0) is 0 Å². The van der Waals surface area contributed by atoms with Gasteiger partial charge in [-0.1, -0.05) is 204 Å². The van der Waals surface area contributed by atoms with Crippen LogP contribution in [0.3, 0.4) is 0 Å². The lowest BCUT2D eigenvalue weighted by atomic mass is 9.72. The van der Waals surface area contributed by atoms with E-state index in [4.69, 9.17) is 0 Å². The maximum absolute atomic E-state index is 9.90. The number of aliphatic hydroxyl groups excluding tert-OH is 8. The van der Waals surface area contributed by atoms with Gasteiger partial charge in [-0.2, -0.15) is 0 Å². The molecule has 608 valence electrons. The van der Waals surface area contributed by atoms with Gasteiger partial charge in [0.2, 0.25) is 0 Å². The average molecular weight is 1460 g/mol. The van der Waals surface area contributed by atoms with Crippen molar-refractivity contribution in [3.05, 3.63) is 93.2 Å². The first-order valence-electron chi connectivity index (χ1n) is 42.7. The van der Waals surface area contributed by atoms with Crippen molar-refractivity contribution in [1.29, 1.82) is 0 Å². The highest BCUT2D eigenvalue weighted by Crippen LogP contribution is 2.42. The van der Waals surface area contributed by atoms with Crippen LogP contribution < -0.4 is 0 Å². The van der Waals surface area contributed by atoms with E-state index in [2.05, 4.69) is 270 Å². The standard InChI is InChI=1S/8C12H22O/c1-8(2)5-11-6-10(4)12(13)7-9(11)3;1-8(2)5-11-7-12(13)6-9(3)10(11)4;1-8(2)5-11-6-9(3)10(4)12(13)7-11;1-8(2)5-12-9(3)6-11(13)7-10(12)4;1-8(2)5-11-6-9(3)12(13)10(4)7-11;1-8(2)5-11-7-12(13)10(4)6-9(11)3;1-8(2)7-11-5-6-12(13)10(4)9(11)3;1-8(2)7-11-6-5-9(3)12(13)10(11)4/h6*5,9-13H,6-7H2,1-4H3;2*7,9-13H,5-6H2,1-4H3. The summed E-state index contributed by atoms with van der Waals surface area (Å²) < 4.78 is 0. The molecule has 8 nitrogen and oxygen atoms in total. The minimum Gasteiger partial charge on any atom is -0.393 e. The Morgan fingerprint density at radius 1 is 0.202 bits per heavy atom. The lowest BCUT2D eigenvalue weighted by Gasteiger charge is -2.36. The topological polar surface area (TPSA) is 162 Å². The molecule has 8 fully saturated rings. The summed E-state index contributed by atoms with van der Waals surface area (Å²) in [6.07, 6.45) is 35.2. The fraction of sp³-hybridized carbons (Fsp3) is 0.833. The van der Waals surface area contributed by atoms with Crippen molar-refractivity contribution >= 4 is 0 Å². The zero-order chi connectivity index (χ0) is 80.1. The molecule has 8 heteroatoms. The second-order valence-electron chi connectivity index (χ2n) is 39.0. The molecule has 8 saturated carbocycles. The number of allylic oxidation sites excluding steroid dienone is 16. The maximum Gasteiger partial charge on any atom is 0.0596 e. The van der Waals surface area contributed by atoms with E-state index in [-0.39, 0.29) is 48.8 Å². The zero-order valence-electron chi connectivity index (χ0n) is 74.0. The Balaban J connectivity index is 0.000000594. The van der Waals surface area contributed by atoms with E-state index in [1.54, 1.807) is 0 Å². The highest BCUT2D eigenvalue weighted by Gasteiger charge is 2.37. The van der Waals surface area contributed by atoms with E-state index in [9.17, 15) is 40.9 Å². The summed E-state index contributed by atoms with van der Waals surface area (Å²) in [6, 6.07) is 0. The van der Waals surface area contributed by atoms with Gasteiger partial charge < -0.3 is 40.9 Å². The average Bonchev–Trinajstić information content (AvgIpc) is 1.05. The Bertz CT molecular complexity index is 2390. The molecule has 0 aliphatic heterocycles. The first kappa shape index (κ1) is 99.6. The van der Waals surface area contributed by atoms with Crippen molar-refractivity contribution < 1.29 is 40.9 Å². The summed E-state index contributed by atoms with van der Waals surface area (Å²) in [5.74, 6) is 14.1. The molecule has 0 saturated heterocycles. The van der Waals surface area contributed by atoms with E-state index in [1.165, 1.54) is 63.8 Å². The van der Waals surface area contributed by atoms with Crippen molar-refractivity contribution in [1.82, 2.24) is 0 Å². The zero-order valence-corrected chi connectivity index (χ0v) is 74.0. The molecule has 0 aromatic carbocycles. The van der Waals surface area contributed by atoms with Gasteiger partial charge in [0, 0.05) is 0 Å². The first-order valence-corrected chi connectivity index (χ1v) is 42.7. The first-order chi connectivity index (χ1) is 48.1. The Morgan fingerprint density at radius 2 is 0.558 bits per heavy atom. The van der Waals surface area contributed by atoms with Crippen molar-refractivity contribution in [2.24, 2.45) is 142 Å². The van der Waals surface area contributed by atoms with Crippen LogP contribution in [0.1, 0.15) is 324 Å². The van der Waals surface area contributed by atoms with Crippen LogP contribution in [0.15, 0.2) is 93.2 Å². The fourth-order valence-corrected chi connectivity index (χ4v) is 18.9. The molecule has 8 aliphatic carbocycles. The minimum atomic E-state index is -0.102. The lowest BCUT2D eigenvalue weighted by Crippen LogP contribution is -2.35. The number of hydrogen-bond acceptors (Lipinski definition) is 8. The molecule has 0 amide bonds. The van der Waals surface area contributed by atoms with Gasteiger partial charge in [0.05, 0.1) is 48.8 Å². The van der Waals surface area contributed by atoms with Gasteiger partial charge in [0.15, 0.2) is 0 Å². The molecule has 8 N–H and O–H groups in total. The Morgan fingerprint density at radius 3 is 1.02 bits per heavy atom. The number of aliphatic hydroxyl groups is 8. The van der Waals surface area contributed by atoms with E-state index < -0.39 is 0 Å². The highest BCUT2D eigenvalue weighted by atomic mass is 16.3. The Kier molecular flexibility index (Phi) is 47.7. The van der Waals surface area contributed by atoms with Crippen molar-refractivity contribution in [2.75, 3.05) is 0 Å². The SMILES string of the molecule is CC(C)=CC1C(C)CC(O)CC1C.CC(C)=CC1CC(C)C(C)C(O)C1.CC(C)=CC1CC(C)C(O)C(C)C1.CC(C)=CC1CC(C)C(O)CC1C.CC(C)=CC1CC(O)C(C)CC1C.CC(C)=CC1CC(O)CC(C)C1C.CC(C)=CC1CCC(C)C(O)C1C.CC(C)=CC1CCC(O)C(C)C1C. The molecule has 28 unspecified atom stereocenters. The molecular weight excluding hydrogens is 1280 g/mol. The summed E-state index contributed by atoms with van der Waals surface area (Å²) >= 11 is 0. The van der Waals surface area contributed by atoms with Gasteiger partial charge in [0.1, 0.15) is 0 Å². The third-order valence-corrected chi connectivity index (χ3v) is 26.0. The van der Waals surface area contributed by atoms with Crippen LogP contribution in [0.5, 0.6) is 0 Å². The van der Waals surface area contributed by atoms with Gasteiger partial charge in [-0.3, -0.25) is 0 Å². The van der Waals surface area contributed by atoms with Gasteiger partial charge >= 0.3 is 0 Å². The second kappa shape index (κ2) is 49.8. The number of rotatable bonds is 8. The highest BCUT2D eigenvalue weighted by molar-refractivity contribution is 5.08. The van der Waals surface area contributed by atoms with E-state index >= 15 is 0 Å². The van der Waals surface area contributed by atoms with Crippen LogP contribution in [0.4, 0.5) is 0 Å². The van der Waals surface area contributed by atoms with Crippen LogP contribution >= 0.6 is 0 Å². The summed E-state index contributed by atoms with van der Waals surface area (Å²) in [5.41, 5.74) is 11.1. The van der Waals surface area contributed by atoms with E-state index in [1.807, 2.05) is 0 Å². The molecule has 0 bridgehead atoms. The summed E-state index contributed by atoms with van der Waals surface area (Å²) in [6.45, 7) is 69.7. The minimum absolute atomic E-state index is 0.0631. The summed E-state index contributed by atoms with van der Waals surface area (Å²) in [4.78, 5) is 0. The largest absolute Gasteiger partial charge is 0.393 e. The molecular formula is C96H176O8. The molecule has 0 aromatic heterocycles. The van der Waals surface area contributed by atoms with Gasteiger partial charge in [-0.15, -0.1) is 0 Å². The normalized spacial score (nSPS) is 40.1. The quantitative estimate of drug-likeness (QED) is 0.111. The maximum atomic E-state index is 9.90. The number of hydrogen-bond donors (Lipinski definition) is 8. The predicted octanol–water partition coefficient (Wildman–Crippen LogP) is 24.0. The van der Waals surface area contributed by atoms with Crippen molar-refractivity contribution in [3.8, 4) is 0 Å². The predicted molar refractivity (Wildman–Crippen MR) is 452 cm³/mol. The van der Waals surface area contributed by atoms with Gasteiger partial charge in [-0.05, 0) is 356 Å². The van der Waals surface area contributed by atoms with Gasteiger partial charge in [-0.25, -0.2) is 0 Å². The molecule has 8 aliphatic rings. The van der Waals surface area contributed by atoms with E-state index in [0.717, 1.165) is 95.3 Å². The molecule has 0 aromatic rings. The van der Waals surface area contributed by atoms with Crippen LogP contribution in [0, 0.1) is 142 Å². The summed E-state index contributed by atoms with van der Waals surface area (Å²) in [5, 5.41) is 77.8. The Labute approximate surface area is 645 Å². The molecule has 8 rings (SSSR count). The van der Waals surface area contributed by atoms with Crippen LogP contribution in [0.2, 0.25) is 0 Å². The summed E-state index contributed by atoms with van der Waals surface area (Å²) in [7, 11) is 0. The molecule has 0 radical (unpaired) electrons. The van der Waals surface area contributed by atoms with Crippen molar-refractivity contribution in [2.45, 2.75) is 373 Å². The molecule has 0 spiro atoms. The van der Waals surface area contributed by atoms with E-state index in [0.29, 0.717) is 130 Å². The molecule has 104 heavy (non-hydrogen) atoms. The third-order valence-electron chi connectivity index (χ3n) is 26.0. The van der Waals surface area contributed by atoms with Gasteiger partial charge in [0.25, 0.3) is 0 Å². The second-order valence-corrected chi connectivity index (χ2v) is 39.0. The Hall–Kier alpha value is -2.40. The fourth-order valence-electron chi connectivity index (χ4n) is 18.9.